The van der Waals surface area contributed by atoms with Gasteiger partial charge in [-0.15, -0.1) is 0 Å². The van der Waals surface area contributed by atoms with Crippen LogP contribution in [0.25, 0.3) is 0 Å². The number of aromatic hydroxyl groups is 1. The lowest BCUT2D eigenvalue weighted by molar-refractivity contribution is 0.353. The van der Waals surface area contributed by atoms with Gasteiger partial charge in [0.05, 0.1) is 18.7 Å². The van der Waals surface area contributed by atoms with Crippen molar-refractivity contribution in [1.29, 1.82) is 0 Å². The molecule has 3 nitrogen and oxygen atoms in total. The maximum atomic E-state index is 9.82. The number of phenols is 1. The molecule has 0 atom stereocenters. The zero-order valence-electron chi connectivity index (χ0n) is 9.30. The molecule has 0 fully saturated rings. The van der Waals surface area contributed by atoms with E-state index in [0.29, 0.717) is 16.0 Å². The summed E-state index contributed by atoms with van der Waals surface area (Å²) in [6.45, 7) is 4.04. The molecule has 1 N–H and O–H groups in total. The highest BCUT2D eigenvalue weighted by Crippen LogP contribution is 2.45. The van der Waals surface area contributed by atoms with Crippen molar-refractivity contribution in [2.24, 2.45) is 0 Å². The largest absolute Gasteiger partial charge is 0.503 e. The van der Waals surface area contributed by atoms with Crippen LogP contribution < -0.4 is 9.47 Å². The average Bonchev–Trinajstić information content (AvgIpc) is 2.20. The van der Waals surface area contributed by atoms with Crippen molar-refractivity contribution in [2.45, 2.75) is 19.8 Å². The highest BCUT2D eigenvalue weighted by molar-refractivity contribution is 9.10. The minimum Gasteiger partial charge on any atom is -0.503 e. The van der Waals surface area contributed by atoms with Crippen molar-refractivity contribution in [2.75, 3.05) is 14.2 Å². The fraction of sp³-hybridized carbons (Fsp3) is 0.455. The third-order valence-electron chi connectivity index (χ3n) is 2.21. The monoisotopic (exact) mass is 274 g/mol. The first-order chi connectivity index (χ1) is 7.02. The number of benzene rings is 1. The third-order valence-corrected chi connectivity index (χ3v) is 2.82. The molecule has 4 heteroatoms. The predicted molar refractivity (Wildman–Crippen MR) is 63.0 cm³/mol. The Kier molecular flexibility index (Phi) is 3.85. The number of rotatable bonds is 3. The Morgan fingerprint density at radius 1 is 1.27 bits per heavy atom. The van der Waals surface area contributed by atoms with Gasteiger partial charge in [0, 0.05) is 5.56 Å². The van der Waals surface area contributed by atoms with E-state index in [-0.39, 0.29) is 11.7 Å². The molecule has 0 radical (unpaired) electrons. The molecule has 0 spiro atoms. The molecule has 1 aromatic rings. The van der Waals surface area contributed by atoms with E-state index < -0.39 is 0 Å². The maximum absolute atomic E-state index is 9.82. The number of halogens is 1. The smallest absolute Gasteiger partial charge is 0.172 e. The Morgan fingerprint density at radius 2 is 1.87 bits per heavy atom. The summed E-state index contributed by atoms with van der Waals surface area (Å²) in [5.74, 6) is 1.51. The quantitative estimate of drug-likeness (QED) is 0.919. The van der Waals surface area contributed by atoms with Crippen molar-refractivity contribution in [3.8, 4) is 17.2 Å². The first-order valence-electron chi connectivity index (χ1n) is 4.66. The summed E-state index contributed by atoms with van der Waals surface area (Å²) in [6.07, 6.45) is 0. The van der Waals surface area contributed by atoms with Gasteiger partial charge in [0.25, 0.3) is 0 Å². The molecule has 0 aliphatic heterocycles. The summed E-state index contributed by atoms with van der Waals surface area (Å²) in [4.78, 5) is 0. The number of hydrogen-bond acceptors (Lipinski definition) is 3. The predicted octanol–water partition coefficient (Wildman–Crippen LogP) is 3.30. The molecular weight excluding hydrogens is 260 g/mol. The normalized spacial score (nSPS) is 10.5. The molecule has 1 aromatic carbocycles. The van der Waals surface area contributed by atoms with Gasteiger partial charge in [-0.2, -0.15) is 0 Å². The second-order valence-corrected chi connectivity index (χ2v) is 4.37. The molecule has 0 heterocycles. The molecule has 0 saturated heterocycles. The highest BCUT2D eigenvalue weighted by Gasteiger charge is 2.20. The van der Waals surface area contributed by atoms with Gasteiger partial charge in [0.2, 0.25) is 0 Å². The summed E-state index contributed by atoms with van der Waals surface area (Å²) in [6, 6.07) is 1.74. The molecule has 0 unspecified atom stereocenters. The fourth-order valence-corrected chi connectivity index (χ4v) is 1.92. The summed E-state index contributed by atoms with van der Waals surface area (Å²) >= 11 is 3.25. The van der Waals surface area contributed by atoms with E-state index >= 15 is 0 Å². The number of ether oxygens (including phenoxy) is 2. The van der Waals surface area contributed by atoms with Crippen LogP contribution in [0.1, 0.15) is 25.3 Å². The van der Waals surface area contributed by atoms with Crippen LogP contribution in [0, 0.1) is 0 Å². The minimum atomic E-state index is 0.113. The van der Waals surface area contributed by atoms with Gasteiger partial charge in [-0.1, -0.05) is 13.8 Å². The Hall–Kier alpha value is -0.900. The fourth-order valence-electron chi connectivity index (χ4n) is 1.53. The van der Waals surface area contributed by atoms with Crippen molar-refractivity contribution in [3.05, 3.63) is 16.1 Å². The summed E-state index contributed by atoms with van der Waals surface area (Å²) in [7, 11) is 3.14. The lowest BCUT2D eigenvalue weighted by atomic mass is 10.0. The molecule has 0 aliphatic carbocycles. The molecule has 1 rings (SSSR count). The lowest BCUT2D eigenvalue weighted by Crippen LogP contribution is -1.99. The van der Waals surface area contributed by atoms with Gasteiger partial charge in [0.15, 0.2) is 11.5 Å². The number of phenolic OH excluding ortho intramolecular Hbond substituents is 1. The first-order valence-corrected chi connectivity index (χ1v) is 5.45. The van der Waals surface area contributed by atoms with Crippen LogP contribution in [0.3, 0.4) is 0 Å². The summed E-state index contributed by atoms with van der Waals surface area (Å²) in [5, 5.41) is 9.82. The second-order valence-electron chi connectivity index (χ2n) is 3.51. The lowest BCUT2D eigenvalue weighted by Gasteiger charge is -2.17. The molecule has 0 saturated carbocycles. The third kappa shape index (κ3) is 2.20. The molecule has 0 aromatic heterocycles. The number of hydrogen-bond donors (Lipinski definition) is 1. The van der Waals surface area contributed by atoms with Crippen molar-refractivity contribution in [1.82, 2.24) is 0 Å². The van der Waals surface area contributed by atoms with Crippen molar-refractivity contribution >= 4 is 15.9 Å². The maximum Gasteiger partial charge on any atom is 0.172 e. The van der Waals surface area contributed by atoms with Crippen LogP contribution in [0.15, 0.2) is 10.5 Å². The van der Waals surface area contributed by atoms with Crippen LogP contribution >= 0.6 is 15.9 Å². The van der Waals surface area contributed by atoms with E-state index in [1.807, 2.05) is 13.8 Å². The van der Waals surface area contributed by atoms with E-state index in [0.717, 1.165) is 5.56 Å². The van der Waals surface area contributed by atoms with Crippen LogP contribution in [-0.4, -0.2) is 19.3 Å². The minimum absolute atomic E-state index is 0.113. The van der Waals surface area contributed by atoms with Crippen molar-refractivity contribution < 1.29 is 14.6 Å². The van der Waals surface area contributed by atoms with Gasteiger partial charge in [-0.25, -0.2) is 0 Å². The van der Waals surface area contributed by atoms with E-state index in [9.17, 15) is 5.11 Å². The standard InChI is InChI=1S/C11H15BrO3/c1-6(2)9-8(14-3)5-7(12)10(13)11(9)15-4/h5-6,13H,1-4H3. The summed E-state index contributed by atoms with van der Waals surface area (Å²) < 4.78 is 11.0. The summed E-state index contributed by atoms with van der Waals surface area (Å²) in [5.41, 5.74) is 0.876. The van der Waals surface area contributed by atoms with Gasteiger partial charge in [0.1, 0.15) is 5.75 Å². The molecule has 0 bridgehead atoms. The first kappa shape index (κ1) is 12.2. The molecular formula is C11H15BrO3. The topological polar surface area (TPSA) is 38.7 Å². The number of methoxy groups -OCH3 is 2. The van der Waals surface area contributed by atoms with Gasteiger partial charge < -0.3 is 14.6 Å². The Balaban J connectivity index is 3.49. The van der Waals surface area contributed by atoms with Gasteiger partial charge in [-0.05, 0) is 27.9 Å². The Labute approximate surface area is 98.1 Å². The van der Waals surface area contributed by atoms with Crippen LogP contribution in [-0.2, 0) is 0 Å². The van der Waals surface area contributed by atoms with Crippen LogP contribution in [0.5, 0.6) is 17.2 Å². The van der Waals surface area contributed by atoms with Crippen molar-refractivity contribution in [3.63, 3.8) is 0 Å². The Bertz CT molecular complexity index is 361. The van der Waals surface area contributed by atoms with E-state index in [1.54, 1.807) is 13.2 Å². The molecule has 0 aliphatic rings. The molecule has 15 heavy (non-hydrogen) atoms. The highest BCUT2D eigenvalue weighted by atomic mass is 79.9. The average molecular weight is 275 g/mol. The molecule has 84 valence electrons. The zero-order valence-corrected chi connectivity index (χ0v) is 10.9. The second kappa shape index (κ2) is 4.75. The van der Waals surface area contributed by atoms with Crippen LogP contribution in [0.4, 0.5) is 0 Å². The SMILES string of the molecule is COc1cc(Br)c(O)c(OC)c1C(C)C. The Morgan fingerprint density at radius 3 is 2.27 bits per heavy atom. The molecule has 0 amide bonds. The van der Waals surface area contributed by atoms with Crippen LogP contribution in [0.2, 0.25) is 0 Å². The zero-order chi connectivity index (χ0) is 11.6. The van der Waals surface area contributed by atoms with E-state index in [1.165, 1.54) is 7.11 Å². The van der Waals surface area contributed by atoms with E-state index in [2.05, 4.69) is 15.9 Å². The van der Waals surface area contributed by atoms with Gasteiger partial charge >= 0.3 is 0 Å². The van der Waals surface area contributed by atoms with Gasteiger partial charge in [-0.3, -0.25) is 0 Å². The van der Waals surface area contributed by atoms with E-state index in [4.69, 9.17) is 9.47 Å².